The molecule has 14 heavy (non-hydrogen) atoms. The van der Waals surface area contributed by atoms with E-state index in [0.717, 1.165) is 0 Å². The van der Waals surface area contributed by atoms with Crippen LogP contribution >= 0.6 is 9.90 Å². The molecule has 0 aliphatic rings. The number of benzene rings is 2. The third-order valence-electron chi connectivity index (χ3n) is 1.88. The van der Waals surface area contributed by atoms with Crippen molar-refractivity contribution in [3.63, 3.8) is 0 Å². The van der Waals surface area contributed by atoms with Crippen LogP contribution in [0, 0.1) is 0 Å². The standard InChI is InChI=1S/C12H10.K.H3P.H/c1-3-7-11(8-4-1)12-9-5-2-6-10-12;;;/h1-10H;;1H3;. The first kappa shape index (κ1) is 14.5. The Bertz CT molecular complexity index is 308. The second-order valence-electron chi connectivity index (χ2n) is 2.73. The summed E-state index contributed by atoms with van der Waals surface area (Å²) in [7, 11) is 0. The maximum absolute atomic E-state index is 2.12. The van der Waals surface area contributed by atoms with Gasteiger partial charge in [0.25, 0.3) is 0 Å². The Hall–Kier alpha value is 0.506. The van der Waals surface area contributed by atoms with Gasteiger partial charge in [-0.25, -0.2) is 0 Å². The minimum Gasteiger partial charge on any atom is -0.0622 e. The van der Waals surface area contributed by atoms with Gasteiger partial charge in [-0.1, -0.05) is 60.7 Å². The quantitative estimate of drug-likeness (QED) is 0.520. The van der Waals surface area contributed by atoms with E-state index >= 15 is 0 Å². The van der Waals surface area contributed by atoms with Gasteiger partial charge in [0.1, 0.15) is 0 Å². The Kier molecular flexibility index (Phi) is 8.03. The van der Waals surface area contributed by atoms with Crippen molar-refractivity contribution in [3.05, 3.63) is 60.7 Å². The van der Waals surface area contributed by atoms with Crippen molar-refractivity contribution in [2.24, 2.45) is 0 Å². The largest absolute Gasteiger partial charge is 0.0622 e. The van der Waals surface area contributed by atoms with Crippen LogP contribution in [0.4, 0.5) is 0 Å². The molecule has 68 valence electrons. The average molecular weight is 228 g/mol. The summed E-state index contributed by atoms with van der Waals surface area (Å²) in [4.78, 5) is 0. The fourth-order valence-electron chi connectivity index (χ4n) is 1.26. The van der Waals surface area contributed by atoms with Crippen molar-refractivity contribution in [2.45, 2.75) is 0 Å². The summed E-state index contributed by atoms with van der Waals surface area (Å²) >= 11 is 0. The van der Waals surface area contributed by atoms with E-state index < -0.39 is 0 Å². The maximum Gasteiger partial charge on any atom is -0.0184 e. The van der Waals surface area contributed by atoms with Crippen LogP contribution in [0.2, 0.25) is 0 Å². The molecule has 1 atom stereocenters. The first-order valence-electron chi connectivity index (χ1n) is 4.07. The molecule has 0 fully saturated rings. The molecule has 0 amide bonds. The molecular weight excluding hydrogens is 214 g/mol. The molecule has 0 aliphatic carbocycles. The van der Waals surface area contributed by atoms with Crippen molar-refractivity contribution in [2.75, 3.05) is 0 Å². The second-order valence-corrected chi connectivity index (χ2v) is 2.73. The van der Waals surface area contributed by atoms with Gasteiger partial charge in [0, 0.05) is 0 Å². The van der Waals surface area contributed by atoms with Crippen LogP contribution in [-0.2, 0) is 0 Å². The summed E-state index contributed by atoms with van der Waals surface area (Å²) < 4.78 is 0. The van der Waals surface area contributed by atoms with E-state index in [1.165, 1.54) is 11.1 Å². The van der Waals surface area contributed by atoms with Crippen molar-refractivity contribution in [1.82, 2.24) is 0 Å². The third kappa shape index (κ3) is 3.94. The van der Waals surface area contributed by atoms with Gasteiger partial charge in [0.15, 0.2) is 0 Å². The molecule has 2 rings (SSSR count). The van der Waals surface area contributed by atoms with Crippen molar-refractivity contribution in [1.29, 1.82) is 0 Å². The predicted octanol–water partition coefficient (Wildman–Crippen LogP) is 2.76. The van der Waals surface area contributed by atoms with Crippen LogP contribution < -0.4 is 0 Å². The zero-order chi connectivity index (χ0) is 8.23. The van der Waals surface area contributed by atoms with Gasteiger partial charge in [0.05, 0.1) is 0 Å². The maximum atomic E-state index is 2.12. The molecule has 1 unspecified atom stereocenters. The molecular formula is C12H14KP. The Labute approximate surface area is 131 Å². The summed E-state index contributed by atoms with van der Waals surface area (Å²) in [5.74, 6) is 0. The van der Waals surface area contributed by atoms with Gasteiger partial charge in [-0.2, -0.15) is 9.90 Å². The summed E-state index contributed by atoms with van der Waals surface area (Å²) in [6.45, 7) is 0. The van der Waals surface area contributed by atoms with Gasteiger partial charge < -0.3 is 0 Å². The van der Waals surface area contributed by atoms with Crippen LogP contribution in [0.1, 0.15) is 0 Å². The fraction of sp³-hybridized carbons (Fsp3) is 0. The first-order chi connectivity index (χ1) is 5.97. The van der Waals surface area contributed by atoms with Crippen molar-refractivity contribution < 1.29 is 0 Å². The van der Waals surface area contributed by atoms with E-state index in [9.17, 15) is 0 Å². The zero-order valence-electron chi connectivity index (χ0n) is 7.48. The topological polar surface area (TPSA) is 0 Å². The van der Waals surface area contributed by atoms with Crippen LogP contribution in [0.5, 0.6) is 0 Å². The van der Waals surface area contributed by atoms with E-state index in [2.05, 4.69) is 48.5 Å². The fourth-order valence-corrected chi connectivity index (χ4v) is 1.26. The van der Waals surface area contributed by atoms with Crippen molar-refractivity contribution >= 4 is 61.3 Å². The smallest absolute Gasteiger partial charge is 0.0184 e. The summed E-state index contributed by atoms with van der Waals surface area (Å²) in [5.41, 5.74) is 2.55. The molecule has 0 saturated heterocycles. The second kappa shape index (κ2) is 7.75. The molecule has 2 heteroatoms. The van der Waals surface area contributed by atoms with Gasteiger partial charge in [-0.05, 0) is 11.1 Å². The molecule has 2 aromatic carbocycles. The van der Waals surface area contributed by atoms with Gasteiger partial charge in [-0.15, -0.1) is 0 Å². The van der Waals surface area contributed by atoms with Crippen LogP contribution in [0.3, 0.4) is 0 Å². The molecule has 0 nitrogen and oxygen atoms in total. The van der Waals surface area contributed by atoms with Gasteiger partial charge in [0.2, 0.25) is 0 Å². The number of rotatable bonds is 1. The van der Waals surface area contributed by atoms with E-state index in [-0.39, 0.29) is 61.3 Å². The molecule has 0 heterocycles. The minimum atomic E-state index is 0. The molecule has 2 aromatic rings. The Balaban J connectivity index is 0.000000845. The van der Waals surface area contributed by atoms with Crippen LogP contribution in [-0.4, -0.2) is 51.4 Å². The van der Waals surface area contributed by atoms with Crippen molar-refractivity contribution in [3.8, 4) is 11.1 Å². The number of hydrogen-bond acceptors (Lipinski definition) is 0. The van der Waals surface area contributed by atoms with Crippen LogP contribution in [0.25, 0.3) is 11.1 Å². The van der Waals surface area contributed by atoms with Gasteiger partial charge >= 0.3 is 51.4 Å². The van der Waals surface area contributed by atoms with Gasteiger partial charge in [-0.3, -0.25) is 0 Å². The monoisotopic (exact) mass is 228 g/mol. The average Bonchev–Trinajstić information content (AvgIpc) is 2.21. The predicted molar refractivity (Wildman–Crippen MR) is 70.1 cm³/mol. The third-order valence-corrected chi connectivity index (χ3v) is 1.88. The summed E-state index contributed by atoms with van der Waals surface area (Å²) in [5, 5.41) is 0. The molecule has 0 aromatic heterocycles. The normalized spacial score (nSPS) is 8.29. The Morgan fingerprint density at radius 3 is 1.07 bits per heavy atom. The molecule has 0 N–H and O–H groups in total. The Morgan fingerprint density at radius 1 is 0.500 bits per heavy atom. The zero-order valence-corrected chi connectivity index (χ0v) is 8.89. The van der Waals surface area contributed by atoms with E-state index in [1.54, 1.807) is 0 Å². The molecule has 0 radical (unpaired) electrons. The first-order valence-corrected chi connectivity index (χ1v) is 4.07. The SMILES string of the molecule is P.[KH].c1ccc(-c2ccccc2)cc1. The van der Waals surface area contributed by atoms with E-state index in [0.29, 0.717) is 0 Å². The summed E-state index contributed by atoms with van der Waals surface area (Å²) in [6, 6.07) is 20.8. The van der Waals surface area contributed by atoms with E-state index in [1.807, 2.05) is 12.1 Å². The van der Waals surface area contributed by atoms with Crippen LogP contribution in [0.15, 0.2) is 60.7 Å². The molecule has 0 saturated carbocycles. The molecule has 0 aliphatic heterocycles. The Morgan fingerprint density at radius 2 is 0.786 bits per heavy atom. The molecule has 0 bridgehead atoms. The van der Waals surface area contributed by atoms with E-state index in [4.69, 9.17) is 0 Å². The number of hydrogen-bond donors (Lipinski definition) is 0. The minimum absolute atomic E-state index is 0. The molecule has 0 spiro atoms. The summed E-state index contributed by atoms with van der Waals surface area (Å²) in [6.07, 6.45) is 0.